The van der Waals surface area contributed by atoms with E-state index in [2.05, 4.69) is 40.9 Å². The topological polar surface area (TPSA) is 297 Å². The average molecular weight is 1160 g/mol. The van der Waals surface area contributed by atoms with Gasteiger partial charge in [-0.2, -0.15) is 0 Å². The van der Waals surface area contributed by atoms with Gasteiger partial charge in [0.15, 0.2) is 5.82 Å². The normalized spacial score (nSPS) is 20.9. The number of phosphoric ester groups is 1. The number of hydrogen-bond donors (Lipinski definition) is 6. The number of benzene rings is 2. The smallest absolute Gasteiger partial charge is 0.480 e. The number of pyridine rings is 1. The highest BCUT2D eigenvalue weighted by Crippen LogP contribution is 2.45. The molecular weight excluding hydrogens is 1080 g/mol. The van der Waals surface area contributed by atoms with Crippen LogP contribution in [0.3, 0.4) is 0 Å². The fraction of sp³-hybridized carbons (Fsp3) is 0.544. The van der Waals surface area contributed by atoms with Gasteiger partial charge in [-0.3, -0.25) is 29.5 Å². The minimum absolute atomic E-state index is 0.0285. The molecule has 6 N–H and O–H groups in total. The second kappa shape index (κ2) is 25.6. The number of nitrogens with one attached hydrogen (secondary N) is 3. The number of aliphatic carboxylic acids is 1. The van der Waals surface area contributed by atoms with Crippen molar-refractivity contribution in [3.63, 3.8) is 0 Å². The average Bonchev–Trinajstić information content (AvgIpc) is 3.01. The summed E-state index contributed by atoms with van der Waals surface area (Å²) in [4.78, 5) is 97.3. The minimum atomic E-state index is -4.96. The molecule has 4 amide bonds. The van der Waals surface area contributed by atoms with E-state index in [0.29, 0.717) is 68.3 Å². The Hall–Kier alpha value is -7.11. The minimum Gasteiger partial charge on any atom is -0.480 e. The maximum absolute atomic E-state index is 13.6. The molecule has 4 aromatic rings. The van der Waals surface area contributed by atoms with Crippen LogP contribution < -0.4 is 35.0 Å². The van der Waals surface area contributed by atoms with E-state index in [9.17, 15) is 43.4 Å². The van der Waals surface area contributed by atoms with E-state index in [1.807, 2.05) is 51.9 Å². The van der Waals surface area contributed by atoms with Gasteiger partial charge in [0.1, 0.15) is 35.5 Å². The second-order valence-corrected chi connectivity index (χ2v) is 24.3. The highest BCUT2D eigenvalue weighted by Gasteiger charge is 2.52. The van der Waals surface area contributed by atoms with Gasteiger partial charge in [-0.05, 0) is 141 Å². The Morgan fingerprint density at radius 2 is 1.57 bits per heavy atom. The number of anilines is 4. The third-order valence-electron chi connectivity index (χ3n) is 15.6. The van der Waals surface area contributed by atoms with Gasteiger partial charge in [0.05, 0.1) is 23.6 Å². The van der Waals surface area contributed by atoms with Gasteiger partial charge in [-0.1, -0.05) is 30.7 Å². The molecular formula is C57H75N10O14P. The van der Waals surface area contributed by atoms with E-state index in [1.54, 1.807) is 59.6 Å². The van der Waals surface area contributed by atoms with Crippen LogP contribution in [0.4, 0.5) is 32.5 Å². The fourth-order valence-corrected chi connectivity index (χ4v) is 11.6. The number of amides is 4. The lowest BCUT2D eigenvalue weighted by atomic mass is 9.68. The van der Waals surface area contributed by atoms with Crippen molar-refractivity contribution in [1.82, 2.24) is 30.3 Å². The summed E-state index contributed by atoms with van der Waals surface area (Å²) in [6.45, 7) is 8.42. The van der Waals surface area contributed by atoms with E-state index in [0.717, 1.165) is 57.2 Å². The van der Waals surface area contributed by atoms with Gasteiger partial charge in [-0.15, -0.1) is 10.2 Å². The van der Waals surface area contributed by atoms with Crippen molar-refractivity contribution in [2.45, 2.75) is 146 Å². The van der Waals surface area contributed by atoms with E-state index in [4.69, 9.17) is 23.5 Å². The Labute approximate surface area is 476 Å². The molecule has 24 nitrogen and oxygen atoms in total. The molecule has 0 spiro atoms. The standard InChI is InChI=1S/C57H75N10O14P/c1-56(2,3)80-55(73)65-27-21-41(22-28-65)78-42-30-43(31-42)79-49-29-38(20-25-58-49)67-39-18-19-40(67)34-66(33-39)47-32-46(44-11-6-7-13-48(44)81-82(74,75)76)62-63-50(47)61-54(72)77-35-36-14-16-37(17-15-36)59-51(68)45(12-8-9-26-64(4)5)60-52(69)57(53(70)71)23-10-24-57/h6-7,11,13-17,20,25,29,32,39-43,45H,8-10,12,18-19,21-24,26-28,30-31,33-35H2,1-5H3,(H,59,68)(H,60,69)(H,70,71)(H,61,63,72)(H2,74,75,76)/t39?,40?,42?,43?,45-/m0/s1. The fourth-order valence-electron chi connectivity index (χ4n) is 11.1. The number of para-hydroxylation sites is 1. The molecule has 2 unspecified atom stereocenters. The molecule has 2 aliphatic carbocycles. The van der Waals surface area contributed by atoms with Gasteiger partial charge < -0.3 is 58.8 Å². The van der Waals surface area contributed by atoms with Gasteiger partial charge >= 0.3 is 26.0 Å². The van der Waals surface area contributed by atoms with E-state index in [-0.39, 0.29) is 78.8 Å². The molecule has 2 bridgehead atoms. The molecule has 442 valence electrons. The summed E-state index contributed by atoms with van der Waals surface area (Å²) in [6, 6.07) is 17.6. The second-order valence-electron chi connectivity index (χ2n) is 23.2. The molecule has 2 aromatic carbocycles. The Morgan fingerprint density at radius 3 is 2.22 bits per heavy atom. The first-order valence-electron chi connectivity index (χ1n) is 28.1. The van der Waals surface area contributed by atoms with Crippen molar-refractivity contribution in [1.29, 1.82) is 0 Å². The number of piperazine rings is 1. The number of hydrogen-bond acceptors (Lipinski definition) is 17. The molecule has 3 atom stereocenters. The summed E-state index contributed by atoms with van der Waals surface area (Å²) in [5, 5.41) is 27.0. The van der Waals surface area contributed by atoms with Crippen LogP contribution in [0, 0.1) is 5.41 Å². The highest BCUT2D eigenvalue weighted by atomic mass is 31.2. The molecule has 3 aliphatic heterocycles. The van der Waals surface area contributed by atoms with Gasteiger partial charge in [-0.25, -0.2) is 19.1 Å². The maximum Gasteiger partial charge on any atom is 0.524 e. The number of fused-ring (bicyclic) bond motifs is 2. The predicted molar refractivity (Wildman–Crippen MR) is 302 cm³/mol. The Kier molecular flexibility index (Phi) is 18.6. The van der Waals surface area contributed by atoms with Crippen LogP contribution in [-0.4, -0.2) is 159 Å². The number of carboxylic acids is 1. The van der Waals surface area contributed by atoms with E-state index < -0.39 is 48.8 Å². The van der Waals surface area contributed by atoms with Crippen molar-refractivity contribution in [3.05, 3.63) is 78.5 Å². The first-order chi connectivity index (χ1) is 39.1. The molecule has 9 rings (SSSR count). The molecule has 5 fully saturated rings. The van der Waals surface area contributed by atoms with Crippen LogP contribution in [0.15, 0.2) is 72.9 Å². The summed E-state index contributed by atoms with van der Waals surface area (Å²) < 4.78 is 41.0. The molecule has 0 radical (unpaired) electrons. The summed E-state index contributed by atoms with van der Waals surface area (Å²) in [7, 11) is -1.07. The van der Waals surface area contributed by atoms with Crippen molar-refractivity contribution in [2.75, 3.05) is 67.3 Å². The number of piperidine rings is 1. The molecule has 25 heteroatoms. The number of carboxylic acid groups (broad SMARTS) is 1. The van der Waals surface area contributed by atoms with Crippen LogP contribution in [0.5, 0.6) is 11.6 Å². The molecule has 2 aromatic heterocycles. The zero-order chi connectivity index (χ0) is 58.3. The van der Waals surface area contributed by atoms with E-state index >= 15 is 0 Å². The number of ether oxygens (including phenoxy) is 4. The first kappa shape index (κ1) is 59.5. The Balaban J connectivity index is 0.825. The number of carbonyl (C=O) groups excluding carboxylic acids is 4. The first-order valence-corrected chi connectivity index (χ1v) is 29.7. The zero-order valence-corrected chi connectivity index (χ0v) is 47.9. The van der Waals surface area contributed by atoms with Gasteiger partial charge in [0.25, 0.3) is 0 Å². The summed E-state index contributed by atoms with van der Waals surface area (Å²) in [5.74, 6) is -1.83. The van der Waals surface area contributed by atoms with Crippen LogP contribution in [0.25, 0.3) is 11.3 Å². The molecule has 5 aliphatic rings. The van der Waals surface area contributed by atoms with Crippen LogP contribution in [0.2, 0.25) is 0 Å². The van der Waals surface area contributed by atoms with Crippen LogP contribution in [-0.2, 0) is 39.8 Å². The Bertz CT molecular complexity index is 2960. The lowest BCUT2D eigenvalue weighted by Gasteiger charge is -2.44. The quantitative estimate of drug-likeness (QED) is 0.0254. The van der Waals surface area contributed by atoms with Crippen molar-refractivity contribution < 1.29 is 66.9 Å². The third-order valence-corrected chi connectivity index (χ3v) is 16.1. The monoisotopic (exact) mass is 1150 g/mol. The SMILES string of the molecule is CN(C)CCCC[C@H](NC(=O)C1(C(=O)O)CCC1)C(=O)Nc1ccc(COC(=O)Nc2nnc(-c3ccccc3OP(=O)(O)O)cc2N2CC3CCC(C2)N3c2ccnc(OC3CC(OC4CCN(C(=O)OC(C)(C)C)CC4)C3)c2)cc1. The Morgan fingerprint density at radius 1 is 0.866 bits per heavy atom. The number of unbranched alkanes of at least 4 members (excludes halogenated alkanes) is 1. The largest absolute Gasteiger partial charge is 0.524 e. The zero-order valence-electron chi connectivity index (χ0n) is 47.0. The lowest BCUT2D eigenvalue weighted by Crippen LogP contribution is -2.55. The summed E-state index contributed by atoms with van der Waals surface area (Å²) >= 11 is 0. The van der Waals surface area contributed by atoms with Gasteiger partial charge in [0.2, 0.25) is 17.7 Å². The van der Waals surface area contributed by atoms with Crippen molar-refractivity contribution in [2.24, 2.45) is 5.41 Å². The van der Waals surface area contributed by atoms with Crippen LogP contribution >= 0.6 is 7.82 Å². The summed E-state index contributed by atoms with van der Waals surface area (Å²) in [5.41, 5.74) is 0.908. The van der Waals surface area contributed by atoms with Crippen molar-refractivity contribution in [3.8, 4) is 22.9 Å². The number of aromatic nitrogens is 3. The molecule has 3 saturated heterocycles. The molecule has 2 saturated carbocycles. The number of carbonyl (C=O) groups is 5. The maximum atomic E-state index is 13.6. The summed E-state index contributed by atoms with van der Waals surface area (Å²) in [6.07, 6.45) is 8.21. The molecule has 82 heavy (non-hydrogen) atoms. The number of phosphoric acid groups is 1. The third kappa shape index (κ3) is 15.1. The highest BCUT2D eigenvalue weighted by molar-refractivity contribution is 7.46. The van der Waals surface area contributed by atoms with Gasteiger partial charge in [0, 0.05) is 80.3 Å². The molecule has 5 heterocycles. The van der Waals surface area contributed by atoms with Crippen molar-refractivity contribution >= 4 is 60.7 Å². The van der Waals surface area contributed by atoms with Crippen LogP contribution in [0.1, 0.15) is 103 Å². The predicted octanol–water partition coefficient (Wildman–Crippen LogP) is 7.35. The lowest BCUT2D eigenvalue weighted by molar-refractivity contribution is -0.162. The van der Waals surface area contributed by atoms with E-state index in [1.165, 1.54) is 6.07 Å². The number of nitrogens with zero attached hydrogens (tertiary/aromatic N) is 7. The number of rotatable bonds is 22. The number of likely N-dealkylation sites (tertiary alicyclic amines) is 1.